The van der Waals surface area contributed by atoms with Crippen LogP contribution >= 0.6 is 34.8 Å². The first kappa shape index (κ1) is 24.8. The van der Waals surface area contributed by atoms with Crippen molar-refractivity contribution in [3.8, 4) is 16.9 Å². The molecule has 0 spiro atoms. The first-order valence-electron chi connectivity index (χ1n) is 11.0. The van der Waals surface area contributed by atoms with Gasteiger partial charge in [0.1, 0.15) is 5.75 Å². The lowest BCUT2D eigenvalue weighted by Crippen LogP contribution is -2.43. The molecule has 1 aliphatic heterocycles. The minimum atomic E-state index is -0.275. The van der Waals surface area contributed by atoms with E-state index in [2.05, 4.69) is 28.2 Å². The maximum Gasteiger partial charge on any atom is 0.262 e. The summed E-state index contributed by atoms with van der Waals surface area (Å²) in [5, 5.41) is 4.30. The zero-order valence-electron chi connectivity index (χ0n) is 18.9. The Labute approximate surface area is 215 Å². The molecule has 0 radical (unpaired) electrons. The summed E-state index contributed by atoms with van der Waals surface area (Å²) in [7, 11) is 2.14. The van der Waals surface area contributed by atoms with Gasteiger partial charge >= 0.3 is 0 Å². The minimum absolute atomic E-state index is 0.119. The van der Waals surface area contributed by atoms with Gasteiger partial charge in [0.15, 0.2) is 6.61 Å². The van der Waals surface area contributed by atoms with Gasteiger partial charge in [0.05, 0.1) is 10.0 Å². The SMILES string of the molecule is CN1CCN(Cc2cc(-c3cccc(Cl)c3)ccc2OCC(=O)Nc2ccc(Cl)c(Cl)c2)CC1. The zero-order chi connectivity index (χ0) is 24.1. The van der Waals surface area contributed by atoms with Crippen molar-refractivity contribution in [3.63, 3.8) is 0 Å². The molecule has 0 saturated carbocycles. The van der Waals surface area contributed by atoms with Crippen LogP contribution in [0.1, 0.15) is 5.56 Å². The molecule has 1 fully saturated rings. The lowest BCUT2D eigenvalue weighted by atomic mass is 10.0. The summed E-state index contributed by atoms with van der Waals surface area (Å²) in [5.41, 5.74) is 3.69. The second-order valence-corrected chi connectivity index (χ2v) is 9.63. The average Bonchev–Trinajstić information content (AvgIpc) is 2.82. The summed E-state index contributed by atoms with van der Waals surface area (Å²) in [6.07, 6.45) is 0. The van der Waals surface area contributed by atoms with Gasteiger partial charge in [0.2, 0.25) is 0 Å². The number of carbonyl (C=O) groups excluding carboxylic acids is 1. The first-order valence-corrected chi connectivity index (χ1v) is 12.2. The highest BCUT2D eigenvalue weighted by molar-refractivity contribution is 6.42. The van der Waals surface area contributed by atoms with Crippen LogP contribution in [0.2, 0.25) is 15.1 Å². The van der Waals surface area contributed by atoms with Gasteiger partial charge in [-0.15, -0.1) is 0 Å². The number of hydrogen-bond acceptors (Lipinski definition) is 4. The molecule has 0 bridgehead atoms. The van der Waals surface area contributed by atoms with Gasteiger partial charge in [-0.2, -0.15) is 0 Å². The standard InChI is InChI=1S/C26H26Cl3N3O2/c1-31-9-11-32(12-10-31)16-20-13-19(18-3-2-4-21(27)14-18)5-8-25(20)34-17-26(33)30-22-6-7-23(28)24(29)15-22/h2-8,13-15H,9-12,16-17H2,1H3,(H,30,33). The molecule has 1 N–H and O–H groups in total. The number of halogens is 3. The fraction of sp³-hybridized carbons (Fsp3) is 0.269. The van der Waals surface area contributed by atoms with Gasteiger partial charge in [0.25, 0.3) is 5.91 Å². The van der Waals surface area contributed by atoms with Crippen LogP contribution in [0, 0.1) is 0 Å². The van der Waals surface area contributed by atoms with Crippen molar-refractivity contribution < 1.29 is 9.53 Å². The van der Waals surface area contributed by atoms with Crippen LogP contribution in [0.25, 0.3) is 11.1 Å². The molecular formula is C26H26Cl3N3O2. The third-order valence-corrected chi connectivity index (χ3v) is 6.74. The van der Waals surface area contributed by atoms with Crippen LogP contribution in [0.15, 0.2) is 60.7 Å². The molecule has 1 amide bonds. The first-order chi connectivity index (χ1) is 16.4. The van der Waals surface area contributed by atoms with Crippen molar-refractivity contribution >= 4 is 46.4 Å². The van der Waals surface area contributed by atoms with Crippen LogP contribution in [0.5, 0.6) is 5.75 Å². The molecule has 1 aliphatic rings. The van der Waals surface area contributed by atoms with Crippen LogP contribution < -0.4 is 10.1 Å². The van der Waals surface area contributed by atoms with Crippen molar-refractivity contribution in [1.82, 2.24) is 9.80 Å². The Bertz CT molecular complexity index is 1160. The summed E-state index contributed by atoms with van der Waals surface area (Å²) < 4.78 is 5.97. The number of rotatable bonds is 7. The smallest absolute Gasteiger partial charge is 0.262 e. The predicted molar refractivity (Wildman–Crippen MR) is 140 cm³/mol. The van der Waals surface area contributed by atoms with Gasteiger partial charge in [-0.1, -0.05) is 53.0 Å². The number of ether oxygens (including phenoxy) is 1. The number of nitrogens with one attached hydrogen (secondary N) is 1. The molecule has 8 heteroatoms. The number of nitrogens with zero attached hydrogens (tertiary/aromatic N) is 2. The summed E-state index contributed by atoms with van der Waals surface area (Å²) in [4.78, 5) is 17.2. The molecule has 3 aromatic rings. The van der Waals surface area contributed by atoms with Crippen molar-refractivity contribution in [1.29, 1.82) is 0 Å². The van der Waals surface area contributed by atoms with Crippen LogP contribution in [0.4, 0.5) is 5.69 Å². The summed E-state index contributed by atoms with van der Waals surface area (Å²) in [6, 6.07) is 18.8. The van der Waals surface area contributed by atoms with E-state index in [1.165, 1.54) is 0 Å². The van der Waals surface area contributed by atoms with E-state index in [-0.39, 0.29) is 12.5 Å². The monoisotopic (exact) mass is 517 g/mol. The van der Waals surface area contributed by atoms with Crippen molar-refractivity contribution in [2.24, 2.45) is 0 Å². The molecule has 4 rings (SSSR count). The number of benzene rings is 3. The lowest BCUT2D eigenvalue weighted by molar-refractivity contribution is -0.118. The number of piperazine rings is 1. The van der Waals surface area contributed by atoms with Crippen LogP contribution in [-0.2, 0) is 11.3 Å². The minimum Gasteiger partial charge on any atom is -0.483 e. The van der Waals surface area contributed by atoms with Gasteiger partial charge in [-0.25, -0.2) is 0 Å². The third kappa shape index (κ3) is 6.65. The van der Waals surface area contributed by atoms with Crippen LogP contribution in [0.3, 0.4) is 0 Å². The summed E-state index contributed by atoms with van der Waals surface area (Å²) in [6.45, 7) is 4.63. The van der Waals surface area contributed by atoms with Gasteiger partial charge < -0.3 is 15.0 Å². The summed E-state index contributed by atoms with van der Waals surface area (Å²) >= 11 is 18.2. The van der Waals surface area contributed by atoms with E-state index in [1.807, 2.05) is 36.4 Å². The van der Waals surface area contributed by atoms with E-state index in [1.54, 1.807) is 18.2 Å². The van der Waals surface area contributed by atoms with Crippen molar-refractivity contribution in [2.45, 2.75) is 6.54 Å². The second kappa shape index (κ2) is 11.4. The Hall–Kier alpha value is -2.28. The van der Waals surface area contributed by atoms with Gasteiger partial charge in [-0.05, 0) is 60.6 Å². The molecule has 34 heavy (non-hydrogen) atoms. The molecule has 0 aliphatic carbocycles. The lowest BCUT2D eigenvalue weighted by Gasteiger charge is -2.32. The van der Waals surface area contributed by atoms with Crippen LogP contribution in [-0.4, -0.2) is 55.5 Å². The zero-order valence-corrected chi connectivity index (χ0v) is 21.1. The highest BCUT2D eigenvalue weighted by Crippen LogP contribution is 2.30. The molecular weight excluding hydrogens is 493 g/mol. The molecule has 0 aromatic heterocycles. The molecule has 0 atom stereocenters. The fourth-order valence-electron chi connectivity index (χ4n) is 3.85. The van der Waals surface area contributed by atoms with E-state index < -0.39 is 0 Å². The highest BCUT2D eigenvalue weighted by Gasteiger charge is 2.17. The number of likely N-dealkylation sites (N-methyl/N-ethyl adjacent to an activating group) is 1. The Morgan fingerprint density at radius 2 is 1.68 bits per heavy atom. The number of hydrogen-bond donors (Lipinski definition) is 1. The molecule has 1 heterocycles. The third-order valence-electron chi connectivity index (χ3n) is 5.77. The van der Waals surface area contributed by atoms with E-state index in [4.69, 9.17) is 39.5 Å². The van der Waals surface area contributed by atoms with E-state index in [0.717, 1.165) is 49.4 Å². The Morgan fingerprint density at radius 3 is 2.41 bits per heavy atom. The van der Waals surface area contributed by atoms with Crippen molar-refractivity contribution in [3.05, 3.63) is 81.3 Å². The molecule has 5 nitrogen and oxygen atoms in total. The molecule has 3 aromatic carbocycles. The number of amides is 1. The van der Waals surface area contributed by atoms with Gasteiger partial charge in [-0.3, -0.25) is 9.69 Å². The maximum absolute atomic E-state index is 12.5. The van der Waals surface area contributed by atoms with E-state index in [9.17, 15) is 4.79 Å². The molecule has 0 unspecified atom stereocenters. The van der Waals surface area contributed by atoms with Crippen molar-refractivity contribution in [2.75, 3.05) is 45.2 Å². The average molecular weight is 519 g/mol. The Morgan fingerprint density at radius 1 is 0.912 bits per heavy atom. The highest BCUT2D eigenvalue weighted by atomic mass is 35.5. The Balaban J connectivity index is 1.50. The fourth-order valence-corrected chi connectivity index (χ4v) is 4.34. The van der Waals surface area contributed by atoms with Gasteiger partial charge in [0, 0.05) is 49.0 Å². The quantitative estimate of drug-likeness (QED) is 0.412. The largest absolute Gasteiger partial charge is 0.483 e. The normalized spacial score (nSPS) is 14.7. The maximum atomic E-state index is 12.5. The number of carbonyl (C=O) groups is 1. The second-order valence-electron chi connectivity index (χ2n) is 8.38. The molecule has 1 saturated heterocycles. The number of anilines is 1. The van der Waals surface area contributed by atoms with E-state index in [0.29, 0.717) is 26.5 Å². The Kier molecular flexibility index (Phi) is 8.35. The molecule has 178 valence electrons. The van der Waals surface area contributed by atoms with E-state index >= 15 is 0 Å². The topological polar surface area (TPSA) is 44.8 Å². The predicted octanol–water partition coefficient (Wildman–Crippen LogP) is 6.08. The summed E-state index contributed by atoms with van der Waals surface area (Å²) in [5.74, 6) is 0.414.